The summed E-state index contributed by atoms with van der Waals surface area (Å²) in [6.45, 7) is 4.45. The molecule has 2 rings (SSSR count). The first-order chi connectivity index (χ1) is 8.74. The van der Waals surface area contributed by atoms with Gasteiger partial charge in [0.2, 0.25) is 0 Å². The minimum Gasteiger partial charge on any atom is -0.151 e. The zero-order valence-corrected chi connectivity index (χ0v) is 10.9. The van der Waals surface area contributed by atoms with Crippen LogP contribution in [0.2, 0.25) is 5.82 Å². The van der Waals surface area contributed by atoms with Gasteiger partial charge in [0.25, 0.3) is 0 Å². The Balaban J connectivity index is 2.04. The maximum Gasteiger partial charge on any atom is 0.160 e. The fourth-order valence-corrected chi connectivity index (χ4v) is 1.78. The van der Waals surface area contributed by atoms with E-state index in [0.717, 1.165) is 18.7 Å². The van der Waals surface area contributed by atoms with Crippen LogP contribution in [0.3, 0.4) is 0 Å². The maximum absolute atomic E-state index is 4.22. The molecule has 0 saturated heterocycles. The Bertz CT molecular complexity index is 504. The van der Waals surface area contributed by atoms with Crippen LogP contribution >= 0.6 is 0 Å². The van der Waals surface area contributed by atoms with Gasteiger partial charge in [-0.25, -0.2) is 0 Å². The monoisotopic (exact) mass is 236 g/mol. The first-order valence-electron chi connectivity index (χ1n) is 6.30. The van der Waals surface area contributed by atoms with Gasteiger partial charge in [-0.1, -0.05) is 55.5 Å². The fraction of sp³-hybridized carbons (Fsp3) is 0.200. The molecular weight excluding hydrogens is 219 g/mol. The van der Waals surface area contributed by atoms with Crippen molar-refractivity contribution in [2.45, 2.75) is 19.7 Å². The van der Waals surface area contributed by atoms with Crippen LogP contribution in [0, 0.1) is 0 Å². The molecule has 0 heterocycles. The van der Waals surface area contributed by atoms with Crippen molar-refractivity contribution in [1.29, 1.82) is 0 Å². The van der Waals surface area contributed by atoms with Gasteiger partial charge in [-0.2, -0.15) is 10.2 Å². The molecule has 0 saturated carbocycles. The quantitative estimate of drug-likeness (QED) is 0.566. The molecule has 0 N–H and O–H groups in total. The normalized spacial score (nSPS) is 11.1. The van der Waals surface area contributed by atoms with E-state index in [9.17, 15) is 0 Å². The predicted octanol–water partition coefficient (Wildman–Crippen LogP) is 3.99. The zero-order chi connectivity index (χ0) is 12.8. The smallest absolute Gasteiger partial charge is 0.151 e. The van der Waals surface area contributed by atoms with Gasteiger partial charge in [0.1, 0.15) is 0 Å². The van der Waals surface area contributed by atoms with Gasteiger partial charge < -0.3 is 0 Å². The van der Waals surface area contributed by atoms with Crippen LogP contribution in [0.25, 0.3) is 0 Å². The van der Waals surface area contributed by atoms with Crippen LogP contribution in [0.4, 0.5) is 11.4 Å². The van der Waals surface area contributed by atoms with Crippen molar-refractivity contribution in [3.63, 3.8) is 0 Å². The molecule has 18 heavy (non-hydrogen) atoms. The molecule has 0 fully saturated rings. The minimum atomic E-state index is 0.682. The Morgan fingerprint density at radius 3 is 1.89 bits per heavy atom. The van der Waals surface area contributed by atoms with Crippen LogP contribution in [0.15, 0.2) is 64.8 Å². The van der Waals surface area contributed by atoms with Crippen molar-refractivity contribution in [1.82, 2.24) is 0 Å². The molecule has 0 spiro atoms. The van der Waals surface area contributed by atoms with E-state index in [4.69, 9.17) is 0 Å². The van der Waals surface area contributed by atoms with E-state index in [1.54, 1.807) is 0 Å². The highest BCUT2D eigenvalue weighted by Crippen LogP contribution is 2.16. The Labute approximate surface area is 109 Å². The Hall–Kier alpha value is -1.90. The van der Waals surface area contributed by atoms with Gasteiger partial charge in [-0.05, 0) is 24.3 Å². The van der Waals surface area contributed by atoms with Crippen LogP contribution in [-0.4, -0.2) is 7.28 Å². The summed E-state index contributed by atoms with van der Waals surface area (Å²) in [5.41, 5.74) is 3.12. The summed E-state index contributed by atoms with van der Waals surface area (Å²) < 4.78 is 0. The van der Waals surface area contributed by atoms with Crippen molar-refractivity contribution in [2.75, 3.05) is 0 Å². The summed E-state index contributed by atoms with van der Waals surface area (Å²) in [6.07, 6.45) is 0. The largest absolute Gasteiger partial charge is 0.160 e. The van der Waals surface area contributed by atoms with Gasteiger partial charge in [0, 0.05) is 0 Å². The van der Waals surface area contributed by atoms with Crippen molar-refractivity contribution >= 4 is 24.1 Å². The van der Waals surface area contributed by atoms with Crippen molar-refractivity contribution in [3.05, 3.63) is 54.6 Å². The third-order valence-electron chi connectivity index (χ3n) is 2.62. The molecule has 3 heteroatoms. The lowest BCUT2D eigenvalue weighted by atomic mass is 9.61. The molecule has 0 aliphatic carbocycles. The molecule has 0 amide bonds. The third-order valence-corrected chi connectivity index (χ3v) is 2.62. The van der Waals surface area contributed by atoms with E-state index in [2.05, 4.69) is 36.2 Å². The van der Waals surface area contributed by atoms with Gasteiger partial charge in [-0.15, -0.1) is 0 Å². The summed E-state index contributed by atoms with van der Waals surface area (Å²) in [7, 11) is 1.11. The molecule has 2 aromatic rings. The van der Waals surface area contributed by atoms with Crippen LogP contribution in [0.1, 0.15) is 13.8 Å². The number of rotatable bonds is 4. The Morgan fingerprint density at radius 2 is 1.33 bits per heavy atom. The average Bonchev–Trinajstić information content (AvgIpc) is 2.38. The van der Waals surface area contributed by atoms with E-state index in [-0.39, 0.29) is 0 Å². The van der Waals surface area contributed by atoms with Gasteiger partial charge in [0.15, 0.2) is 7.28 Å². The van der Waals surface area contributed by atoms with E-state index in [1.165, 1.54) is 5.46 Å². The number of nitrogens with zero attached hydrogens (tertiary/aromatic N) is 2. The highest BCUT2D eigenvalue weighted by molar-refractivity contribution is 6.54. The van der Waals surface area contributed by atoms with E-state index >= 15 is 0 Å². The molecule has 0 atom stereocenters. The summed E-state index contributed by atoms with van der Waals surface area (Å²) in [5.74, 6) is 0.682. The molecule has 2 aromatic carbocycles. The first-order valence-corrected chi connectivity index (χ1v) is 6.30. The molecule has 0 unspecified atom stereocenters. The SMILES string of the molecule is CC(C)Bc1ccc(/N=N/c2ccccc2)cc1. The second-order valence-corrected chi connectivity index (χ2v) is 4.80. The Morgan fingerprint density at radius 1 is 0.778 bits per heavy atom. The summed E-state index contributed by atoms with van der Waals surface area (Å²) >= 11 is 0. The highest BCUT2D eigenvalue weighted by Gasteiger charge is 1.99. The predicted molar refractivity (Wildman–Crippen MR) is 78.9 cm³/mol. The summed E-state index contributed by atoms with van der Waals surface area (Å²) in [6, 6.07) is 18.1. The molecule has 90 valence electrons. The minimum absolute atomic E-state index is 0.682. The van der Waals surface area contributed by atoms with Crippen molar-refractivity contribution in [3.8, 4) is 0 Å². The highest BCUT2D eigenvalue weighted by atomic mass is 15.1. The molecule has 0 aromatic heterocycles. The van der Waals surface area contributed by atoms with Crippen molar-refractivity contribution in [2.24, 2.45) is 10.2 Å². The summed E-state index contributed by atoms with van der Waals surface area (Å²) in [5, 5.41) is 8.41. The second-order valence-electron chi connectivity index (χ2n) is 4.80. The number of azo groups is 1. The van der Waals surface area contributed by atoms with E-state index < -0.39 is 0 Å². The van der Waals surface area contributed by atoms with Gasteiger partial charge in [-0.3, -0.25) is 0 Å². The standard InChI is InChI=1S/C15H17BN2/c1-12(2)16-13-8-10-15(11-9-13)18-17-14-6-4-3-5-7-14/h3-12,16H,1-2H3/b18-17+. The third kappa shape index (κ3) is 3.84. The number of hydrogen-bond acceptors (Lipinski definition) is 2. The molecular formula is C15H17BN2. The molecule has 0 aliphatic heterocycles. The van der Waals surface area contributed by atoms with Crippen molar-refractivity contribution < 1.29 is 0 Å². The van der Waals surface area contributed by atoms with Crippen LogP contribution < -0.4 is 5.46 Å². The number of benzene rings is 2. The van der Waals surface area contributed by atoms with Gasteiger partial charge >= 0.3 is 0 Å². The van der Waals surface area contributed by atoms with E-state index in [0.29, 0.717) is 5.82 Å². The first kappa shape index (κ1) is 12.6. The Kier molecular flexibility index (Phi) is 4.29. The van der Waals surface area contributed by atoms with Crippen LogP contribution in [0.5, 0.6) is 0 Å². The second kappa shape index (κ2) is 6.15. The number of hydrogen-bond donors (Lipinski definition) is 0. The average molecular weight is 236 g/mol. The molecule has 2 nitrogen and oxygen atoms in total. The molecule has 0 radical (unpaired) electrons. The zero-order valence-electron chi connectivity index (χ0n) is 10.9. The maximum atomic E-state index is 4.22. The topological polar surface area (TPSA) is 24.7 Å². The summed E-state index contributed by atoms with van der Waals surface area (Å²) in [4.78, 5) is 0. The van der Waals surface area contributed by atoms with Gasteiger partial charge in [0.05, 0.1) is 11.4 Å². The lowest BCUT2D eigenvalue weighted by Gasteiger charge is -2.02. The molecule has 0 bridgehead atoms. The lowest BCUT2D eigenvalue weighted by molar-refractivity contribution is 1.07. The fourth-order valence-electron chi connectivity index (χ4n) is 1.78. The van der Waals surface area contributed by atoms with E-state index in [1.807, 2.05) is 42.5 Å². The lowest BCUT2D eigenvalue weighted by Crippen LogP contribution is -2.15. The molecule has 0 aliphatic rings. The van der Waals surface area contributed by atoms with Crippen LogP contribution in [-0.2, 0) is 0 Å².